The van der Waals surface area contributed by atoms with Gasteiger partial charge in [-0.15, -0.1) is 0 Å². The average molecular weight is 775 g/mol. The van der Waals surface area contributed by atoms with Gasteiger partial charge in [0.2, 0.25) is 0 Å². The molecule has 6 atom stereocenters. The monoisotopic (exact) mass is 775 g/mol. The number of hydrogen-bond donors (Lipinski definition) is 5. The second kappa shape index (κ2) is 13.7. The Hall–Kier alpha value is -4.62. The van der Waals surface area contributed by atoms with Crippen molar-refractivity contribution in [2.24, 2.45) is 0 Å². The van der Waals surface area contributed by atoms with Crippen LogP contribution in [0, 0.1) is 0 Å². The molecule has 13 heteroatoms. The number of phenolic OH excluding ortho intramolecular Hbond substituents is 2. The summed E-state index contributed by atoms with van der Waals surface area (Å²) in [6.07, 6.45) is -5.26. The van der Waals surface area contributed by atoms with Gasteiger partial charge < -0.3 is 4.74 Å². The molecule has 1 amide bonds. The van der Waals surface area contributed by atoms with Gasteiger partial charge in [0, 0.05) is 5.56 Å². The molecule has 2 aliphatic carbocycles. The van der Waals surface area contributed by atoms with Gasteiger partial charge in [-0.2, -0.15) is 0 Å². The second-order valence-corrected chi connectivity index (χ2v) is 15.5. The number of aliphatic hydroxyl groups is 2. The van der Waals surface area contributed by atoms with Crippen molar-refractivity contribution in [1.82, 2.24) is 5.32 Å². The minimum atomic E-state index is -2.07. The van der Waals surface area contributed by atoms with Crippen molar-refractivity contribution in [1.29, 1.82) is 0 Å². The first kappa shape index (κ1) is 35.8. The van der Waals surface area contributed by atoms with E-state index in [9.17, 15) is 39.6 Å². The molecule has 7 rings (SSSR count). The van der Waals surface area contributed by atoms with E-state index >= 15 is 0 Å². The number of fused-ring (bicyclic) bond motifs is 4. The molecule has 52 heavy (non-hydrogen) atoms. The maximum absolute atomic E-state index is 13.9. The van der Waals surface area contributed by atoms with Gasteiger partial charge in [-0.1, -0.05) is 12.1 Å². The van der Waals surface area contributed by atoms with Gasteiger partial charge in [0.1, 0.15) is 5.75 Å². The van der Waals surface area contributed by atoms with Crippen LogP contribution >= 0.6 is 0 Å². The number of ether oxygens (including phenoxy) is 3. The number of rotatable bonds is 8. The number of nitrogens with one attached hydrogen (secondary N) is 1. The Morgan fingerprint density at radius 1 is 0.981 bits per heavy atom. The molecule has 0 unspecified atom stereocenters. The van der Waals surface area contributed by atoms with E-state index in [0.29, 0.717) is 0 Å². The van der Waals surface area contributed by atoms with E-state index in [1.165, 1.54) is 32.2 Å². The Bertz CT molecular complexity index is 2150. The van der Waals surface area contributed by atoms with Crippen LogP contribution in [0.15, 0.2) is 60.7 Å². The van der Waals surface area contributed by atoms with Crippen LogP contribution in [0.1, 0.15) is 75.8 Å². The molecule has 1 fully saturated rings. The van der Waals surface area contributed by atoms with E-state index in [1.807, 2.05) is 42.5 Å². The molecule has 1 saturated heterocycles. The van der Waals surface area contributed by atoms with E-state index < -0.39 is 82.6 Å². The predicted molar refractivity (Wildman–Crippen MR) is 188 cm³/mol. The number of carbonyl (C=O) groups is 4. The summed E-state index contributed by atoms with van der Waals surface area (Å²) in [6.45, 7) is 2.78. The van der Waals surface area contributed by atoms with Gasteiger partial charge in [-0.25, -0.2) is 0 Å². The normalized spacial score (nSPS) is 25.2. The fourth-order valence-electron chi connectivity index (χ4n) is 7.48. The number of aromatic hydroxyl groups is 2. The number of aliphatic hydroxyl groups excluding tert-OH is 1. The second-order valence-electron chi connectivity index (χ2n) is 13.4. The van der Waals surface area contributed by atoms with E-state index in [-0.39, 0.29) is 67.0 Å². The molecule has 12 nitrogen and oxygen atoms in total. The van der Waals surface area contributed by atoms with Crippen molar-refractivity contribution < 1.29 is 53.8 Å². The summed E-state index contributed by atoms with van der Waals surface area (Å²) in [5.41, 5.74) is -3.30. The number of amides is 1. The molecule has 270 valence electrons. The number of carbonyl (C=O) groups excluding carboxylic acids is 4. The number of Topliss-reactive ketones (excluding diaryl/α,β-unsaturated/α-hetero) is 1. The molecule has 5 N–H and O–H groups in total. The topological polar surface area (TPSA) is 189 Å². The number of benzene rings is 4. The Morgan fingerprint density at radius 3 is 2.44 bits per heavy atom. The third-order valence-electron chi connectivity index (χ3n) is 10.2. The fourth-order valence-corrected chi connectivity index (χ4v) is 9.34. The molecule has 3 aliphatic rings. The van der Waals surface area contributed by atoms with Gasteiger partial charge in [0.25, 0.3) is 0 Å². The standard InChI is InChI=1S/C39H37NO11Se/c1-18-34(43)24(40-28(42)17-52-27-13-6-9-20-8-4-5-10-21(20)27)14-29(50-18)51-26-16-39(48,19(2)41)15-23-31(26)38(47)33-32(36(23)45)35(44)22-11-7-12-25(49-3)30(22)37(33)46/h4-13,18,24,26,29,34,43,45,47-48H,14-17H2,1-3H3,(H,40,42)/t18-,24-,26-,29-,34-,39-/m0/s1. The summed E-state index contributed by atoms with van der Waals surface area (Å²) < 4.78 is 18.7. The van der Waals surface area contributed by atoms with Gasteiger partial charge in [-0.05, 0) is 6.07 Å². The third-order valence-corrected chi connectivity index (χ3v) is 12.5. The number of ketones is 3. The van der Waals surface area contributed by atoms with Gasteiger partial charge in [-0.3, -0.25) is 9.59 Å². The van der Waals surface area contributed by atoms with Crippen LogP contribution in [0.3, 0.4) is 0 Å². The zero-order valence-corrected chi connectivity index (χ0v) is 30.3. The maximum atomic E-state index is 13.9. The summed E-state index contributed by atoms with van der Waals surface area (Å²) in [4.78, 5) is 53.7. The quantitative estimate of drug-likeness (QED) is 0.115. The van der Waals surface area contributed by atoms with Crippen molar-refractivity contribution in [3.63, 3.8) is 0 Å². The third kappa shape index (κ3) is 6.07. The zero-order chi connectivity index (χ0) is 37.1. The molecule has 0 bridgehead atoms. The molecule has 4 aromatic carbocycles. The van der Waals surface area contributed by atoms with E-state index in [2.05, 4.69) is 5.32 Å². The van der Waals surface area contributed by atoms with Crippen LogP contribution in [-0.4, -0.2) is 95.9 Å². The van der Waals surface area contributed by atoms with Crippen LogP contribution in [-0.2, 0) is 25.5 Å². The first-order chi connectivity index (χ1) is 24.8. The van der Waals surface area contributed by atoms with Crippen molar-refractivity contribution in [2.45, 2.75) is 74.7 Å². The minimum absolute atomic E-state index is 0.0356. The van der Waals surface area contributed by atoms with E-state index in [0.717, 1.165) is 15.2 Å². The Kier molecular flexibility index (Phi) is 9.45. The molecule has 1 heterocycles. The molecule has 1 aliphatic heterocycles. The van der Waals surface area contributed by atoms with E-state index in [4.69, 9.17) is 14.2 Å². The van der Waals surface area contributed by atoms with Gasteiger partial charge in [0.15, 0.2) is 5.78 Å². The molecule has 0 spiro atoms. The van der Waals surface area contributed by atoms with Crippen LogP contribution in [0.2, 0.25) is 5.32 Å². The Morgan fingerprint density at radius 2 is 1.69 bits per heavy atom. The molecule has 4 aromatic rings. The molecule has 0 saturated carbocycles. The predicted octanol–water partition coefficient (Wildman–Crippen LogP) is 2.79. The first-order valence-electron chi connectivity index (χ1n) is 16.8. The number of phenols is 2. The average Bonchev–Trinajstić information content (AvgIpc) is 3.12. The first-order valence-corrected chi connectivity index (χ1v) is 18.9. The van der Waals surface area contributed by atoms with Crippen molar-refractivity contribution in [3.05, 3.63) is 94.0 Å². The zero-order valence-electron chi connectivity index (χ0n) is 28.5. The molecular weight excluding hydrogens is 737 g/mol. The number of methoxy groups -OCH3 is 1. The van der Waals surface area contributed by atoms with Crippen LogP contribution < -0.4 is 14.5 Å². The summed E-state index contributed by atoms with van der Waals surface area (Å²) in [7, 11) is 1.34. The molecule has 0 radical (unpaired) electrons. The Balaban J connectivity index is 1.17. The van der Waals surface area contributed by atoms with Crippen molar-refractivity contribution in [3.8, 4) is 17.2 Å². The van der Waals surface area contributed by atoms with E-state index in [1.54, 1.807) is 6.92 Å². The summed E-state index contributed by atoms with van der Waals surface area (Å²) in [5, 5.41) is 51.2. The summed E-state index contributed by atoms with van der Waals surface area (Å²) in [6, 6.07) is 17.5. The van der Waals surface area contributed by atoms with Crippen LogP contribution in [0.25, 0.3) is 10.8 Å². The Labute approximate surface area is 304 Å². The van der Waals surface area contributed by atoms with Crippen molar-refractivity contribution in [2.75, 3.05) is 7.11 Å². The summed E-state index contributed by atoms with van der Waals surface area (Å²) >= 11 is -0.201. The molecular formula is C39H37NO11Se. The number of hydrogen-bond acceptors (Lipinski definition) is 11. The SMILES string of the molecule is COc1cccc2c1C(=O)c1c(O)c3c(c(O)c1C2=O)C[C@@](O)(C(C)=O)C[C@@H]3O[C@H]1C[C@H](NC(=O)C[Se]c2cccc3ccccc23)[C@@H](O)[C@H](C)O1. The van der Waals surface area contributed by atoms with Crippen molar-refractivity contribution >= 4 is 53.4 Å². The van der Waals surface area contributed by atoms with Crippen LogP contribution in [0.5, 0.6) is 17.2 Å². The molecule has 0 aromatic heterocycles. The summed E-state index contributed by atoms with van der Waals surface area (Å²) in [5.74, 6) is -3.62. The fraction of sp³-hybridized carbons (Fsp3) is 0.333. The van der Waals surface area contributed by atoms with Gasteiger partial charge in [0.05, 0.1) is 12.7 Å². The van der Waals surface area contributed by atoms with Crippen LogP contribution in [0.4, 0.5) is 0 Å². The van der Waals surface area contributed by atoms with Gasteiger partial charge >= 0.3 is 243 Å².